The van der Waals surface area contributed by atoms with Gasteiger partial charge in [-0.3, -0.25) is 4.79 Å². The molecule has 0 radical (unpaired) electrons. The van der Waals surface area contributed by atoms with Crippen molar-refractivity contribution in [3.05, 3.63) is 29.3 Å². The Morgan fingerprint density at radius 2 is 1.83 bits per heavy atom. The van der Waals surface area contributed by atoms with Crippen molar-refractivity contribution in [2.24, 2.45) is 5.41 Å². The van der Waals surface area contributed by atoms with Gasteiger partial charge >= 0.3 is 5.97 Å². The first-order valence-electron chi connectivity index (χ1n) is 5.23. The summed E-state index contributed by atoms with van der Waals surface area (Å²) in [5, 5.41) is 17.6. The second kappa shape index (κ2) is 5.30. The van der Waals surface area contributed by atoms with Crippen LogP contribution in [0, 0.1) is 17.0 Å². The van der Waals surface area contributed by atoms with E-state index in [0.29, 0.717) is 0 Å². The number of hydrogen-bond acceptors (Lipinski definition) is 3. The molecule has 0 saturated heterocycles. The summed E-state index contributed by atoms with van der Waals surface area (Å²) in [4.78, 5) is 10.8. The SMILES string of the molecule is CC(C)(COc1c(F)cc(CO)cc1F)C(=O)O. The van der Waals surface area contributed by atoms with Gasteiger partial charge in [0, 0.05) is 0 Å². The first-order chi connectivity index (χ1) is 8.27. The molecule has 0 aromatic heterocycles. The molecule has 0 spiro atoms. The van der Waals surface area contributed by atoms with Crippen LogP contribution in [0.2, 0.25) is 0 Å². The lowest BCUT2D eigenvalue weighted by Gasteiger charge is -2.20. The number of ether oxygens (including phenoxy) is 1. The number of carboxylic acid groups (broad SMARTS) is 1. The maximum Gasteiger partial charge on any atom is 0.312 e. The van der Waals surface area contributed by atoms with Gasteiger partial charge in [-0.1, -0.05) is 0 Å². The topological polar surface area (TPSA) is 66.8 Å². The minimum atomic E-state index is -1.26. The van der Waals surface area contributed by atoms with Crippen molar-refractivity contribution in [2.45, 2.75) is 20.5 Å². The number of aliphatic carboxylic acids is 1. The summed E-state index contributed by atoms with van der Waals surface area (Å²) in [5.74, 6) is -3.71. The maximum absolute atomic E-state index is 13.5. The van der Waals surface area contributed by atoms with Gasteiger partial charge in [0.1, 0.15) is 6.61 Å². The van der Waals surface area contributed by atoms with Crippen LogP contribution >= 0.6 is 0 Å². The number of halogens is 2. The van der Waals surface area contributed by atoms with Crippen LogP contribution < -0.4 is 4.74 Å². The van der Waals surface area contributed by atoms with E-state index in [9.17, 15) is 13.6 Å². The Bertz CT molecular complexity index is 434. The number of rotatable bonds is 5. The normalized spacial score (nSPS) is 11.4. The van der Waals surface area contributed by atoms with Crippen LogP contribution in [-0.4, -0.2) is 22.8 Å². The Hall–Kier alpha value is -1.69. The third kappa shape index (κ3) is 3.16. The number of carboxylic acids is 1. The fourth-order valence-electron chi connectivity index (χ4n) is 1.16. The fraction of sp³-hybridized carbons (Fsp3) is 0.417. The van der Waals surface area contributed by atoms with E-state index in [4.69, 9.17) is 14.9 Å². The Labute approximate surface area is 103 Å². The Kier molecular flexibility index (Phi) is 4.24. The molecule has 1 aromatic rings. The van der Waals surface area contributed by atoms with E-state index in [0.717, 1.165) is 12.1 Å². The lowest BCUT2D eigenvalue weighted by Crippen LogP contribution is -2.31. The van der Waals surface area contributed by atoms with Crippen LogP contribution in [0.25, 0.3) is 0 Å². The lowest BCUT2D eigenvalue weighted by atomic mass is 9.95. The third-order valence-electron chi connectivity index (χ3n) is 2.40. The highest BCUT2D eigenvalue weighted by molar-refractivity contribution is 5.73. The van der Waals surface area contributed by atoms with Crippen LogP contribution in [0.3, 0.4) is 0 Å². The maximum atomic E-state index is 13.5. The molecule has 0 amide bonds. The molecule has 0 unspecified atom stereocenters. The average Bonchev–Trinajstić information content (AvgIpc) is 2.27. The largest absolute Gasteiger partial charge is 0.486 e. The van der Waals surface area contributed by atoms with E-state index < -0.39 is 35.4 Å². The van der Waals surface area contributed by atoms with E-state index >= 15 is 0 Å². The highest BCUT2D eigenvalue weighted by Crippen LogP contribution is 2.26. The van der Waals surface area contributed by atoms with Crippen LogP contribution in [0.1, 0.15) is 19.4 Å². The summed E-state index contributed by atoms with van der Waals surface area (Å²) < 4.78 is 31.8. The van der Waals surface area contributed by atoms with Gasteiger partial charge in [0.15, 0.2) is 17.4 Å². The number of aliphatic hydroxyl groups excluding tert-OH is 1. The van der Waals surface area contributed by atoms with Crippen molar-refractivity contribution in [2.75, 3.05) is 6.61 Å². The zero-order chi connectivity index (χ0) is 13.9. The Balaban J connectivity index is 2.89. The molecular formula is C12H14F2O4. The Morgan fingerprint density at radius 1 is 1.33 bits per heavy atom. The smallest absolute Gasteiger partial charge is 0.312 e. The van der Waals surface area contributed by atoms with E-state index in [1.54, 1.807) is 0 Å². The second-order valence-electron chi connectivity index (χ2n) is 4.52. The molecule has 0 aliphatic heterocycles. The average molecular weight is 260 g/mol. The zero-order valence-corrected chi connectivity index (χ0v) is 10.0. The van der Waals surface area contributed by atoms with Crippen molar-refractivity contribution >= 4 is 5.97 Å². The molecule has 2 N–H and O–H groups in total. The van der Waals surface area contributed by atoms with Gasteiger partial charge in [0.2, 0.25) is 0 Å². The fourth-order valence-corrected chi connectivity index (χ4v) is 1.16. The van der Waals surface area contributed by atoms with Crippen molar-refractivity contribution in [3.63, 3.8) is 0 Å². The molecule has 0 bridgehead atoms. The van der Waals surface area contributed by atoms with Gasteiger partial charge < -0.3 is 14.9 Å². The third-order valence-corrected chi connectivity index (χ3v) is 2.40. The summed E-state index contributed by atoms with van der Waals surface area (Å²) >= 11 is 0. The van der Waals surface area contributed by atoms with Gasteiger partial charge in [-0.2, -0.15) is 0 Å². The lowest BCUT2D eigenvalue weighted by molar-refractivity contribution is -0.148. The molecule has 0 fully saturated rings. The van der Waals surface area contributed by atoms with E-state index in [1.807, 2.05) is 0 Å². The number of hydrogen-bond donors (Lipinski definition) is 2. The highest BCUT2D eigenvalue weighted by atomic mass is 19.1. The molecule has 0 heterocycles. The van der Waals surface area contributed by atoms with Crippen molar-refractivity contribution in [3.8, 4) is 5.75 Å². The molecule has 0 aliphatic rings. The minimum absolute atomic E-state index is 0.0786. The number of carbonyl (C=O) groups is 1. The summed E-state index contributed by atoms with van der Waals surface area (Å²) in [5.41, 5.74) is -1.18. The van der Waals surface area contributed by atoms with Crippen LogP contribution in [0.4, 0.5) is 8.78 Å². The van der Waals surface area contributed by atoms with Crippen molar-refractivity contribution in [1.82, 2.24) is 0 Å². The molecular weight excluding hydrogens is 246 g/mol. The zero-order valence-electron chi connectivity index (χ0n) is 10.0. The van der Waals surface area contributed by atoms with Crippen LogP contribution in [0.5, 0.6) is 5.75 Å². The molecule has 18 heavy (non-hydrogen) atoms. The van der Waals surface area contributed by atoms with Gasteiger partial charge in [0.25, 0.3) is 0 Å². The standard InChI is InChI=1S/C12H14F2O4/c1-12(2,11(16)17)6-18-10-8(13)3-7(5-15)4-9(10)14/h3-4,15H,5-6H2,1-2H3,(H,16,17). The molecule has 4 nitrogen and oxygen atoms in total. The molecule has 0 atom stereocenters. The summed E-state index contributed by atoms with van der Waals surface area (Å²) in [7, 11) is 0. The second-order valence-corrected chi connectivity index (χ2v) is 4.52. The van der Waals surface area contributed by atoms with Crippen LogP contribution in [0.15, 0.2) is 12.1 Å². The quantitative estimate of drug-likeness (QED) is 0.849. The van der Waals surface area contributed by atoms with Gasteiger partial charge in [-0.25, -0.2) is 8.78 Å². The molecule has 0 aliphatic carbocycles. The first kappa shape index (κ1) is 14.4. The minimum Gasteiger partial charge on any atom is -0.486 e. The van der Waals surface area contributed by atoms with E-state index in [-0.39, 0.29) is 12.2 Å². The van der Waals surface area contributed by atoms with Gasteiger partial charge in [0.05, 0.1) is 12.0 Å². The molecule has 6 heteroatoms. The highest BCUT2D eigenvalue weighted by Gasteiger charge is 2.29. The summed E-state index contributed by atoms with van der Waals surface area (Å²) in [6.45, 7) is 1.91. The Morgan fingerprint density at radius 3 is 2.22 bits per heavy atom. The van der Waals surface area contributed by atoms with E-state index in [2.05, 4.69) is 0 Å². The molecule has 100 valence electrons. The number of aliphatic hydroxyl groups is 1. The molecule has 0 saturated carbocycles. The number of benzene rings is 1. The van der Waals surface area contributed by atoms with E-state index in [1.165, 1.54) is 13.8 Å². The predicted molar refractivity (Wildman–Crippen MR) is 59.2 cm³/mol. The molecule has 1 aromatic carbocycles. The summed E-state index contributed by atoms with van der Waals surface area (Å²) in [6, 6.07) is 1.87. The first-order valence-corrected chi connectivity index (χ1v) is 5.23. The summed E-state index contributed by atoms with van der Waals surface area (Å²) in [6.07, 6.45) is 0. The predicted octanol–water partition coefficient (Wildman–Crippen LogP) is 1.95. The van der Waals surface area contributed by atoms with Gasteiger partial charge in [-0.05, 0) is 31.5 Å². The van der Waals surface area contributed by atoms with Crippen LogP contribution in [-0.2, 0) is 11.4 Å². The monoisotopic (exact) mass is 260 g/mol. The van der Waals surface area contributed by atoms with Crippen molar-refractivity contribution < 1.29 is 28.5 Å². The van der Waals surface area contributed by atoms with Gasteiger partial charge in [-0.15, -0.1) is 0 Å². The molecule has 1 rings (SSSR count). The van der Waals surface area contributed by atoms with Crippen molar-refractivity contribution in [1.29, 1.82) is 0 Å².